The highest BCUT2D eigenvalue weighted by Gasteiger charge is 2.30. The van der Waals surface area contributed by atoms with E-state index in [1.807, 2.05) is 12.1 Å². The van der Waals surface area contributed by atoms with Crippen LogP contribution in [-0.4, -0.2) is 41.1 Å². The SMILES string of the molecule is CC[NH+]1CCN(c2ccc(NS(=O)(=O)c3ccc(C(F)(F)F)cc3)cc2)CC1. The van der Waals surface area contributed by atoms with Crippen molar-refractivity contribution in [3.63, 3.8) is 0 Å². The number of nitrogens with one attached hydrogen (secondary N) is 2. The van der Waals surface area contributed by atoms with Gasteiger partial charge in [0.25, 0.3) is 10.0 Å². The number of anilines is 2. The second-order valence-electron chi connectivity index (χ2n) is 6.77. The van der Waals surface area contributed by atoms with E-state index in [1.165, 1.54) is 0 Å². The average Bonchev–Trinajstić information content (AvgIpc) is 2.68. The number of hydrogen-bond donors (Lipinski definition) is 2. The summed E-state index contributed by atoms with van der Waals surface area (Å²) < 4.78 is 65.1. The lowest BCUT2D eigenvalue weighted by Crippen LogP contribution is -3.14. The first-order valence-corrected chi connectivity index (χ1v) is 10.6. The standard InChI is InChI=1S/C19H22F3N3O2S/c1-2-24-11-13-25(14-12-24)17-7-5-16(6-8-17)23-28(26,27)18-9-3-15(4-10-18)19(20,21)22/h3-10,23H,2,11-14H2,1H3/p+1. The third-order valence-corrected chi connectivity index (χ3v) is 6.34. The number of hydrogen-bond acceptors (Lipinski definition) is 3. The second kappa shape index (κ2) is 8.00. The Balaban J connectivity index is 1.67. The van der Waals surface area contributed by atoms with Crippen LogP contribution in [-0.2, 0) is 16.2 Å². The van der Waals surface area contributed by atoms with Gasteiger partial charge in [-0.2, -0.15) is 13.2 Å². The Morgan fingerprint density at radius 3 is 2.07 bits per heavy atom. The van der Waals surface area contributed by atoms with Gasteiger partial charge < -0.3 is 9.80 Å². The molecule has 1 fully saturated rings. The minimum absolute atomic E-state index is 0.219. The lowest BCUT2D eigenvalue weighted by Gasteiger charge is -2.33. The third kappa shape index (κ3) is 4.77. The van der Waals surface area contributed by atoms with Crippen LogP contribution in [0.4, 0.5) is 24.5 Å². The van der Waals surface area contributed by atoms with E-state index in [0.717, 1.165) is 62.7 Å². The highest BCUT2D eigenvalue weighted by atomic mass is 32.2. The van der Waals surface area contributed by atoms with E-state index in [-0.39, 0.29) is 4.90 Å². The van der Waals surface area contributed by atoms with Gasteiger partial charge in [-0.25, -0.2) is 8.42 Å². The van der Waals surface area contributed by atoms with Gasteiger partial charge >= 0.3 is 6.18 Å². The summed E-state index contributed by atoms with van der Waals surface area (Å²) >= 11 is 0. The predicted molar refractivity (Wildman–Crippen MR) is 102 cm³/mol. The molecular weight excluding hydrogens is 391 g/mol. The zero-order chi connectivity index (χ0) is 20.4. The van der Waals surface area contributed by atoms with Crippen molar-refractivity contribution in [2.75, 3.05) is 42.3 Å². The normalized spacial score (nSPS) is 16.2. The Bertz CT molecular complexity index is 890. The molecule has 1 saturated heterocycles. The van der Waals surface area contributed by atoms with Crippen LogP contribution in [0, 0.1) is 0 Å². The predicted octanol–water partition coefficient (Wildman–Crippen LogP) is 2.23. The molecule has 9 heteroatoms. The van der Waals surface area contributed by atoms with Crippen LogP contribution >= 0.6 is 0 Å². The maximum absolute atomic E-state index is 12.6. The van der Waals surface area contributed by atoms with Gasteiger partial charge in [0.2, 0.25) is 0 Å². The van der Waals surface area contributed by atoms with Crippen molar-refractivity contribution in [2.24, 2.45) is 0 Å². The molecule has 0 amide bonds. The van der Waals surface area contributed by atoms with Crippen molar-refractivity contribution in [1.29, 1.82) is 0 Å². The van der Waals surface area contributed by atoms with Gasteiger partial charge in [-0.3, -0.25) is 4.72 Å². The molecule has 0 saturated carbocycles. The van der Waals surface area contributed by atoms with E-state index in [1.54, 1.807) is 17.0 Å². The number of alkyl halides is 3. The molecular formula is C19H23F3N3O2S+. The zero-order valence-electron chi connectivity index (χ0n) is 15.5. The molecule has 2 aromatic rings. The Morgan fingerprint density at radius 1 is 1.00 bits per heavy atom. The summed E-state index contributed by atoms with van der Waals surface area (Å²) in [4.78, 5) is 3.60. The van der Waals surface area contributed by atoms with Crippen molar-refractivity contribution in [1.82, 2.24) is 0 Å². The van der Waals surface area contributed by atoms with E-state index in [2.05, 4.69) is 16.5 Å². The van der Waals surface area contributed by atoms with Gasteiger partial charge in [0, 0.05) is 11.4 Å². The fourth-order valence-corrected chi connectivity index (χ4v) is 4.27. The molecule has 0 bridgehead atoms. The van der Waals surface area contributed by atoms with E-state index in [4.69, 9.17) is 0 Å². The van der Waals surface area contributed by atoms with Crippen molar-refractivity contribution < 1.29 is 26.5 Å². The molecule has 2 N–H and O–H groups in total. The molecule has 0 aliphatic carbocycles. The van der Waals surface area contributed by atoms with E-state index in [0.29, 0.717) is 5.69 Å². The lowest BCUT2D eigenvalue weighted by atomic mass is 10.2. The largest absolute Gasteiger partial charge is 0.416 e. The monoisotopic (exact) mass is 414 g/mol. The summed E-state index contributed by atoms with van der Waals surface area (Å²) in [5.41, 5.74) is 0.495. The highest BCUT2D eigenvalue weighted by molar-refractivity contribution is 7.92. The smallest absolute Gasteiger partial charge is 0.360 e. The summed E-state index contributed by atoms with van der Waals surface area (Å²) in [6.07, 6.45) is -4.50. The summed E-state index contributed by atoms with van der Waals surface area (Å²) in [7, 11) is -3.96. The Morgan fingerprint density at radius 2 is 1.57 bits per heavy atom. The molecule has 0 atom stereocenters. The number of quaternary nitrogens is 1. The molecule has 0 spiro atoms. The number of sulfonamides is 1. The first kappa shape index (κ1) is 20.5. The summed E-state index contributed by atoms with van der Waals surface area (Å²) in [6, 6.07) is 10.4. The maximum Gasteiger partial charge on any atom is 0.416 e. The molecule has 3 rings (SSSR count). The number of piperazine rings is 1. The first-order valence-electron chi connectivity index (χ1n) is 9.08. The molecule has 5 nitrogen and oxygen atoms in total. The third-order valence-electron chi connectivity index (χ3n) is 4.95. The first-order chi connectivity index (χ1) is 13.2. The molecule has 2 aromatic carbocycles. The van der Waals surface area contributed by atoms with Crippen LogP contribution in [0.25, 0.3) is 0 Å². The van der Waals surface area contributed by atoms with Crippen molar-refractivity contribution in [3.8, 4) is 0 Å². The van der Waals surface area contributed by atoms with Crippen molar-refractivity contribution in [2.45, 2.75) is 18.0 Å². The number of halogens is 3. The Labute approximate surface area is 162 Å². The van der Waals surface area contributed by atoms with Gasteiger partial charge in [0.1, 0.15) is 0 Å². The van der Waals surface area contributed by atoms with Crippen LogP contribution in [0.3, 0.4) is 0 Å². The molecule has 152 valence electrons. The van der Waals surface area contributed by atoms with Crippen LogP contribution in [0.2, 0.25) is 0 Å². The van der Waals surface area contributed by atoms with E-state index >= 15 is 0 Å². The molecule has 1 aliphatic heterocycles. The summed E-state index contributed by atoms with van der Waals surface area (Å²) in [6.45, 7) is 7.30. The number of likely N-dealkylation sites (N-methyl/N-ethyl adjacent to an activating group) is 1. The molecule has 1 aliphatic rings. The lowest BCUT2D eigenvalue weighted by molar-refractivity contribution is -0.898. The molecule has 0 unspecified atom stereocenters. The Hall–Kier alpha value is -2.26. The fraction of sp³-hybridized carbons (Fsp3) is 0.368. The minimum atomic E-state index is -4.50. The molecule has 0 aromatic heterocycles. The van der Waals surface area contributed by atoms with Crippen LogP contribution in [0.15, 0.2) is 53.4 Å². The number of benzene rings is 2. The van der Waals surface area contributed by atoms with Crippen molar-refractivity contribution >= 4 is 21.4 Å². The second-order valence-corrected chi connectivity index (χ2v) is 8.45. The average molecular weight is 414 g/mol. The Kier molecular flexibility index (Phi) is 5.85. The van der Waals surface area contributed by atoms with Gasteiger partial charge in [-0.1, -0.05) is 0 Å². The molecule has 0 radical (unpaired) electrons. The maximum atomic E-state index is 12.6. The van der Waals surface area contributed by atoms with E-state index in [9.17, 15) is 21.6 Å². The summed E-state index contributed by atoms with van der Waals surface area (Å²) in [5, 5.41) is 0. The van der Waals surface area contributed by atoms with Crippen LogP contribution in [0.5, 0.6) is 0 Å². The number of nitrogens with zero attached hydrogens (tertiary/aromatic N) is 1. The van der Waals surface area contributed by atoms with Crippen LogP contribution in [0.1, 0.15) is 12.5 Å². The van der Waals surface area contributed by atoms with Gasteiger partial charge in [-0.15, -0.1) is 0 Å². The van der Waals surface area contributed by atoms with Gasteiger partial charge in [0.15, 0.2) is 0 Å². The molecule has 28 heavy (non-hydrogen) atoms. The van der Waals surface area contributed by atoms with Gasteiger partial charge in [0.05, 0.1) is 43.2 Å². The van der Waals surface area contributed by atoms with E-state index < -0.39 is 21.8 Å². The van der Waals surface area contributed by atoms with Gasteiger partial charge in [-0.05, 0) is 55.5 Å². The van der Waals surface area contributed by atoms with Crippen molar-refractivity contribution in [3.05, 3.63) is 54.1 Å². The number of rotatable bonds is 5. The minimum Gasteiger partial charge on any atom is -0.360 e. The summed E-state index contributed by atoms with van der Waals surface area (Å²) in [5.74, 6) is 0. The fourth-order valence-electron chi connectivity index (χ4n) is 3.21. The molecule has 1 heterocycles. The zero-order valence-corrected chi connectivity index (χ0v) is 16.3. The van der Waals surface area contributed by atoms with Crippen LogP contribution < -0.4 is 14.5 Å². The quantitative estimate of drug-likeness (QED) is 0.789. The topological polar surface area (TPSA) is 53.9 Å². The highest BCUT2D eigenvalue weighted by Crippen LogP contribution is 2.30.